The number of amides is 2. The van der Waals surface area contributed by atoms with Crippen LogP contribution in [0.2, 0.25) is 0 Å². The molecule has 4 nitrogen and oxygen atoms in total. The predicted molar refractivity (Wildman–Crippen MR) is 156 cm³/mol. The zero-order valence-electron chi connectivity index (χ0n) is 23.5. The van der Waals surface area contributed by atoms with Gasteiger partial charge in [0.1, 0.15) is 0 Å². The molecule has 0 aliphatic carbocycles. The van der Waals surface area contributed by atoms with Crippen LogP contribution in [0.5, 0.6) is 0 Å². The molecule has 1 aliphatic rings. The van der Waals surface area contributed by atoms with Crippen LogP contribution >= 0.6 is 0 Å². The second kappa shape index (κ2) is 10.7. The molecule has 3 aromatic rings. The van der Waals surface area contributed by atoms with E-state index in [-0.39, 0.29) is 34.9 Å². The molecule has 0 spiro atoms. The number of carbonyl (C=O) groups excluding carboxylic acids is 1. The van der Waals surface area contributed by atoms with Crippen LogP contribution in [0.1, 0.15) is 81.7 Å². The van der Waals surface area contributed by atoms with E-state index in [9.17, 15) is 4.79 Å². The molecule has 4 rings (SSSR count). The van der Waals surface area contributed by atoms with Gasteiger partial charge in [0.2, 0.25) is 0 Å². The first-order valence-corrected chi connectivity index (χ1v) is 13.5. The monoisotopic (exact) mass is 497 g/mol. The van der Waals surface area contributed by atoms with Gasteiger partial charge in [-0.25, -0.2) is 4.79 Å². The van der Waals surface area contributed by atoms with Crippen LogP contribution in [0.4, 0.5) is 10.5 Å². The molecule has 1 aliphatic heterocycles. The smallest absolute Gasteiger partial charge is 0.319 e. The maximum absolute atomic E-state index is 12.7. The molecule has 2 atom stereocenters. The van der Waals surface area contributed by atoms with E-state index in [0.29, 0.717) is 0 Å². The lowest BCUT2D eigenvalue weighted by atomic mass is 9.80. The van der Waals surface area contributed by atoms with E-state index in [0.717, 1.165) is 18.7 Å². The predicted octanol–water partition coefficient (Wildman–Crippen LogP) is 7.27. The molecule has 0 saturated carbocycles. The molecule has 0 unspecified atom stereocenters. The van der Waals surface area contributed by atoms with Gasteiger partial charge in [0.25, 0.3) is 0 Å². The molecule has 2 amide bonds. The van der Waals surface area contributed by atoms with Crippen molar-refractivity contribution in [2.75, 3.05) is 11.9 Å². The van der Waals surface area contributed by atoms with Crippen molar-refractivity contribution in [2.24, 2.45) is 0 Å². The van der Waals surface area contributed by atoms with Crippen LogP contribution in [0.15, 0.2) is 72.8 Å². The Kier molecular flexibility index (Phi) is 7.80. The second-order valence-electron chi connectivity index (χ2n) is 12.6. The van der Waals surface area contributed by atoms with Crippen LogP contribution in [0.25, 0.3) is 0 Å². The maximum Gasteiger partial charge on any atom is 0.319 e. The van der Waals surface area contributed by atoms with Crippen molar-refractivity contribution in [2.45, 2.75) is 83.7 Å². The van der Waals surface area contributed by atoms with Crippen molar-refractivity contribution in [3.8, 4) is 0 Å². The average Bonchev–Trinajstić information content (AvgIpc) is 3.28. The largest absolute Gasteiger partial charge is 0.334 e. The minimum atomic E-state index is -0.156. The number of carbonyl (C=O) groups is 1. The highest BCUT2D eigenvalue weighted by atomic mass is 16.2. The Balaban J connectivity index is 1.53. The summed E-state index contributed by atoms with van der Waals surface area (Å²) in [7, 11) is 0. The van der Waals surface area contributed by atoms with Gasteiger partial charge in [-0.15, -0.1) is 0 Å². The number of hydrogen-bond acceptors (Lipinski definition) is 2. The fourth-order valence-corrected chi connectivity index (χ4v) is 5.16. The van der Waals surface area contributed by atoms with Crippen LogP contribution in [-0.4, -0.2) is 24.7 Å². The normalized spacial score (nSPS) is 18.2. The van der Waals surface area contributed by atoms with E-state index in [1.165, 1.54) is 27.8 Å². The van der Waals surface area contributed by atoms with E-state index < -0.39 is 0 Å². The Hall–Kier alpha value is -3.11. The Bertz CT molecular complexity index is 1130. The van der Waals surface area contributed by atoms with Crippen molar-refractivity contribution in [1.82, 2.24) is 10.6 Å². The zero-order chi connectivity index (χ0) is 26.8. The van der Waals surface area contributed by atoms with E-state index in [1.54, 1.807) is 0 Å². The average molecular weight is 498 g/mol. The molecular weight excluding hydrogens is 454 g/mol. The van der Waals surface area contributed by atoms with Crippen molar-refractivity contribution >= 4 is 11.7 Å². The van der Waals surface area contributed by atoms with Gasteiger partial charge < -0.3 is 16.0 Å². The fraction of sp³-hybridized carbons (Fsp3) is 0.424. The molecule has 196 valence electrons. The van der Waals surface area contributed by atoms with Crippen LogP contribution in [0.3, 0.4) is 0 Å². The Morgan fingerprint density at radius 1 is 0.784 bits per heavy atom. The Labute approximate surface area is 223 Å². The molecule has 0 aromatic heterocycles. The summed E-state index contributed by atoms with van der Waals surface area (Å²) in [6.07, 6.45) is 0.869. The van der Waals surface area contributed by atoms with Crippen LogP contribution in [0, 0.1) is 6.92 Å². The molecule has 37 heavy (non-hydrogen) atoms. The molecule has 1 heterocycles. The summed E-state index contributed by atoms with van der Waals surface area (Å²) in [4.78, 5) is 12.7. The van der Waals surface area contributed by atoms with E-state index in [2.05, 4.69) is 106 Å². The summed E-state index contributed by atoms with van der Waals surface area (Å²) < 4.78 is 0. The first kappa shape index (κ1) is 26.9. The molecule has 3 aromatic carbocycles. The van der Waals surface area contributed by atoms with Gasteiger partial charge in [0.15, 0.2) is 0 Å². The highest BCUT2D eigenvalue weighted by Gasteiger charge is 2.33. The van der Waals surface area contributed by atoms with Gasteiger partial charge in [-0.3, -0.25) is 0 Å². The quantitative estimate of drug-likeness (QED) is 0.347. The van der Waals surface area contributed by atoms with Gasteiger partial charge >= 0.3 is 6.03 Å². The van der Waals surface area contributed by atoms with Crippen molar-refractivity contribution in [3.05, 3.63) is 101 Å². The lowest BCUT2D eigenvalue weighted by Crippen LogP contribution is -2.39. The number of aryl methyl sites for hydroxylation is 1. The highest BCUT2D eigenvalue weighted by Crippen LogP contribution is 2.35. The summed E-state index contributed by atoms with van der Waals surface area (Å²) >= 11 is 0. The molecule has 4 heteroatoms. The van der Waals surface area contributed by atoms with E-state index in [1.807, 2.05) is 31.2 Å². The van der Waals surface area contributed by atoms with Crippen LogP contribution in [-0.2, 0) is 10.8 Å². The maximum atomic E-state index is 12.7. The van der Waals surface area contributed by atoms with Gasteiger partial charge in [0, 0.05) is 30.2 Å². The molecular formula is C33H43N3O. The molecule has 0 bridgehead atoms. The Morgan fingerprint density at radius 3 is 1.73 bits per heavy atom. The summed E-state index contributed by atoms with van der Waals surface area (Å²) in [5.41, 5.74) is 7.50. The van der Waals surface area contributed by atoms with Crippen LogP contribution < -0.4 is 16.0 Å². The lowest BCUT2D eigenvalue weighted by Gasteiger charge is -2.27. The van der Waals surface area contributed by atoms with E-state index in [4.69, 9.17) is 0 Å². The first-order valence-electron chi connectivity index (χ1n) is 13.5. The van der Waals surface area contributed by atoms with Crippen molar-refractivity contribution < 1.29 is 4.79 Å². The first-order chi connectivity index (χ1) is 17.4. The third-order valence-corrected chi connectivity index (χ3v) is 7.48. The van der Waals surface area contributed by atoms with Gasteiger partial charge in [-0.2, -0.15) is 0 Å². The highest BCUT2D eigenvalue weighted by molar-refractivity contribution is 5.89. The molecule has 0 radical (unpaired) electrons. The summed E-state index contributed by atoms with van der Waals surface area (Å²) in [6.45, 7) is 16.3. The Morgan fingerprint density at radius 2 is 1.27 bits per heavy atom. The summed E-state index contributed by atoms with van der Waals surface area (Å²) in [6, 6.07) is 26.2. The topological polar surface area (TPSA) is 53.2 Å². The second-order valence-corrected chi connectivity index (χ2v) is 12.6. The molecule has 3 N–H and O–H groups in total. The third-order valence-electron chi connectivity index (χ3n) is 7.48. The summed E-state index contributed by atoms with van der Waals surface area (Å²) in [5.74, 6) is 0.204. The third kappa shape index (κ3) is 6.81. The molecule has 1 saturated heterocycles. The lowest BCUT2D eigenvalue weighted by molar-refractivity contribution is 0.249. The minimum absolute atomic E-state index is 0.0700. The van der Waals surface area contributed by atoms with Crippen molar-refractivity contribution in [1.29, 1.82) is 0 Å². The number of anilines is 1. The van der Waals surface area contributed by atoms with E-state index >= 15 is 0 Å². The number of urea groups is 1. The summed E-state index contributed by atoms with van der Waals surface area (Å²) in [5, 5.41) is 9.87. The minimum Gasteiger partial charge on any atom is -0.334 e. The standard InChI is InChI=1S/C33H43N3O/c1-22-8-18-27(19-9-22)35-31(37)36-28-20-29(34-21-28)30(23-10-14-25(15-11-23)32(2,3)4)24-12-16-26(17-13-24)33(5,6)7/h8-19,28-30,34H,20-21H2,1-7H3,(H2,35,36,37)/t28-,29-/m1/s1. The van der Waals surface area contributed by atoms with Gasteiger partial charge in [-0.1, -0.05) is 108 Å². The zero-order valence-corrected chi connectivity index (χ0v) is 23.5. The van der Waals surface area contributed by atoms with Crippen molar-refractivity contribution in [3.63, 3.8) is 0 Å². The molecule has 1 fully saturated rings. The van der Waals surface area contributed by atoms with Gasteiger partial charge in [0.05, 0.1) is 0 Å². The number of benzene rings is 3. The van der Waals surface area contributed by atoms with Gasteiger partial charge in [-0.05, 0) is 58.6 Å². The number of hydrogen-bond donors (Lipinski definition) is 3. The number of rotatable bonds is 5. The number of nitrogens with one attached hydrogen (secondary N) is 3. The fourth-order valence-electron chi connectivity index (χ4n) is 5.16. The SMILES string of the molecule is Cc1ccc(NC(=O)N[C@H]2CN[C@@H](C(c3ccc(C(C)(C)C)cc3)c3ccc(C(C)(C)C)cc3)C2)cc1.